The van der Waals surface area contributed by atoms with Gasteiger partial charge in [0.25, 0.3) is 0 Å². The van der Waals surface area contributed by atoms with Crippen LogP contribution in [0.25, 0.3) is 32.9 Å². The molecule has 5 N–H and O–H groups in total. The maximum atomic E-state index is 9.69. The molecular formula is C24H24N6O. The molecule has 1 aliphatic rings. The number of fused-ring (bicyclic) bond motifs is 2. The normalized spacial score (nSPS) is 15.2. The van der Waals surface area contributed by atoms with Gasteiger partial charge in [-0.15, -0.1) is 0 Å². The number of rotatable bonds is 4. The number of nitrogens with two attached hydrogens (primary N) is 1. The molecule has 0 bridgehead atoms. The van der Waals surface area contributed by atoms with E-state index in [1.807, 2.05) is 36.4 Å². The van der Waals surface area contributed by atoms with E-state index < -0.39 is 0 Å². The Balaban J connectivity index is 1.47. The van der Waals surface area contributed by atoms with Gasteiger partial charge in [0.2, 0.25) is 0 Å². The number of nitrogens with zero attached hydrogens (tertiary/aromatic N) is 3. The molecule has 3 aromatic carbocycles. The lowest BCUT2D eigenvalue weighted by atomic mass is 10.0. The van der Waals surface area contributed by atoms with Gasteiger partial charge in [-0.05, 0) is 73.1 Å². The van der Waals surface area contributed by atoms with E-state index >= 15 is 0 Å². The first-order chi connectivity index (χ1) is 15.1. The number of aromatic amines is 1. The van der Waals surface area contributed by atoms with Crippen LogP contribution in [-0.4, -0.2) is 51.5 Å². The van der Waals surface area contributed by atoms with Crippen molar-refractivity contribution in [3.05, 3.63) is 60.2 Å². The topological polar surface area (TPSA) is 114 Å². The average Bonchev–Trinajstić information content (AvgIpc) is 3.42. The summed E-state index contributed by atoms with van der Waals surface area (Å²) in [5.74, 6) is 0.870. The van der Waals surface area contributed by atoms with Gasteiger partial charge in [-0.25, -0.2) is 4.99 Å². The number of nitrogens with one attached hydrogen (secondary N) is 2. The Morgan fingerprint density at radius 2 is 1.84 bits per heavy atom. The highest BCUT2D eigenvalue weighted by Gasteiger charge is 2.14. The molecule has 1 aliphatic heterocycles. The molecule has 0 amide bonds. The molecular weight excluding hydrogens is 388 g/mol. The molecule has 5 rings (SSSR count). The first-order valence-electron chi connectivity index (χ1n) is 10.4. The Kier molecular flexibility index (Phi) is 4.88. The highest BCUT2D eigenvalue weighted by atomic mass is 16.3. The zero-order valence-electron chi connectivity index (χ0n) is 17.1. The van der Waals surface area contributed by atoms with E-state index in [2.05, 4.69) is 26.2 Å². The third-order valence-corrected chi connectivity index (χ3v) is 5.77. The van der Waals surface area contributed by atoms with Crippen LogP contribution in [0.15, 0.2) is 59.6 Å². The van der Waals surface area contributed by atoms with Gasteiger partial charge in [-0.2, -0.15) is 5.10 Å². The Morgan fingerprint density at radius 1 is 1.06 bits per heavy atom. The fourth-order valence-electron chi connectivity index (χ4n) is 4.18. The average molecular weight is 412 g/mol. The molecule has 0 atom stereocenters. The predicted octanol–water partition coefficient (Wildman–Crippen LogP) is 3.87. The van der Waals surface area contributed by atoms with Crippen molar-refractivity contribution in [2.24, 2.45) is 10.7 Å². The number of phenolic OH excluding ortho intramolecular Hbond substituents is 1. The summed E-state index contributed by atoms with van der Waals surface area (Å²) in [4.78, 5) is 6.60. The first-order valence-corrected chi connectivity index (χ1v) is 10.4. The summed E-state index contributed by atoms with van der Waals surface area (Å²) in [6.07, 6.45) is 2.39. The molecule has 1 saturated heterocycles. The van der Waals surface area contributed by atoms with E-state index in [9.17, 15) is 5.11 Å². The van der Waals surface area contributed by atoms with Gasteiger partial charge < -0.3 is 10.8 Å². The third kappa shape index (κ3) is 3.87. The molecule has 0 saturated carbocycles. The van der Waals surface area contributed by atoms with Crippen LogP contribution in [0.5, 0.6) is 5.75 Å². The smallest absolute Gasteiger partial charge is 0.153 e. The van der Waals surface area contributed by atoms with Crippen LogP contribution in [0.3, 0.4) is 0 Å². The molecule has 31 heavy (non-hydrogen) atoms. The van der Waals surface area contributed by atoms with Gasteiger partial charge in [0.1, 0.15) is 11.6 Å². The molecule has 7 heteroatoms. The van der Waals surface area contributed by atoms with Crippen LogP contribution in [0.1, 0.15) is 18.4 Å². The summed E-state index contributed by atoms with van der Waals surface area (Å²) in [5.41, 5.74) is 9.47. The van der Waals surface area contributed by atoms with E-state index in [4.69, 9.17) is 11.1 Å². The first kappa shape index (κ1) is 19.3. The largest absolute Gasteiger partial charge is 0.508 e. The molecule has 2 heterocycles. The van der Waals surface area contributed by atoms with Crippen molar-refractivity contribution in [1.29, 1.82) is 5.41 Å². The summed E-state index contributed by atoms with van der Waals surface area (Å²) >= 11 is 0. The minimum absolute atomic E-state index is 0.153. The number of hydrogen-bond donors (Lipinski definition) is 4. The van der Waals surface area contributed by atoms with Crippen molar-refractivity contribution in [2.75, 3.05) is 19.6 Å². The van der Waals surface area contributed by atoms with E-state index in [-0.39, 0.29) is 11.6 Å². The second-order valence-corrected chi connectivity index (χ2v) is 8.01. The molecule has 0 radical (unpaired) electrons. The molecule has 0 aliphatic carbocycles. The second kappa shape index (κ2) is 7.85. The third-order valence-electron chi connectivity index (χ3n) is 5.77. The van der Waals surface area contributed by atoms with E-state index in [1.165, 1.54) is 12.8 Å². The minimum atomic E-state index is 0.153. The van der Waals surface area contributed by atoms with Crippen LogP contribution in [0.4, 0.5) is 0 Å². The number of hydrogen-bond acceptors (Lipinski definition) is 4. The summed E-state index contributed by atoms with van der Waals surface area (Å²) in [6.45, 7) is 2.69. The lowest BCUT2D eigenvalue weighted by molar-refractivity contribution is 0.387. The van der Waals surface area contributed by atoms with Crippen molar-refractivity contribution < 1.29 is 5.11 Å². The van der Waals surface area contributed by atoms with Crippen LogP contribution >= 0.6 is 0 Å². The van der Waals surface area contributed by atoms with Crippen LogP contribution in [0, 0.1) is 5.41 Å². The summed E-state index contributed by atoms with van der Waals surface area (Å²) in [7, 11) is 0. The van der Waals surface area contributed by atoms with E-state index in [1.54, 1.807) is 12.1 Å². The highest BCUT2D eigenvalue weighted by Crippen LogP contribution is 2.30. The lowest BCUT2D eigenvalue weighted by Gasteiger charge is -2.13. The van der Waals surface area contributed by atoms with Crippen molar-refractivity contribution in [3.63, 3.8) is 0 Å². The summed E-state index contributed by atoms with van der Waals surface area (Å²) in [6, 6.07) is 17.0. The van der Waals surface area contributed by atoms with Crippen LogP contribution < -0.4 is 5.73 Å². The number of phenols is 1. The molecule has 4 aromatic rings. The fourth-order valence-corrected chi connectivity index (χ4v) is 4.18. The Morgan fingerprint density at radius 3 is 2.68 bits per heavy atom. The number of aliphatic imine (C=N–C) groups is 1. The van der Waals surface area contributed by atoms with Crippen molar-refractivity contribution in [2.45, 2.75) is 12.8 Å². The quantitative estimate of drug-likeness (QED) is 0.301. The fraction of sp³-hybridized carbons (Fsp3) is 0.208. The van der Waals surface area contributed by atoms with Crippen molar-refractivity contribution in [3.8, 4) is 17.0 Å². The molecule has 1 aromatic heterocycles. The molecule has 156 valence electrons. The molecule has 0 unspecified atom stereocenters. The monoisotopic (exact) mass is 412 g/mol. The Bertz CT molecular complexity index is 1320. The summed E-state index contributed by atoms with van der Waals surface area (Å²) < 4.78 is 0. The standard InChI is InChI=1S/C24H24N6O/c25-22(14-30-9-1-2-10-30)27-24(26)18-6-8-21-20(13-18)23(29-28-21)17-4-3-16-12-19(31)7-5-15(16)11-17/h3-8,11-13,31H,1-2,9-10,14H2,(H,28,29)(H3,25,26,27). The van der Waals surface area contributed by atoms with E-state index in [0.717, 1.165) is 46.0 Å². The number of amidine groups is 2. The van der Waals surface area contributed by atoms with Crippen molar-refractivity contribution in [1.82, 2.24) is 15.1 Å². The lowest BCUT2D eigenvalue weighted by Crippen LogP contribution is -2.32. The van der Waals surface area contributed by atoms with Gasteiger partial charge in [-0.3, -0.25) is 15.4 Å². The maximum Gasteiger partial charge on any atom is 0.153 e. The SMILES string of the molecule is N=C(N=C(N)CN1CCCC1)c1ccc2[nH]nc(-c3ccc4cc(O)ccc4c3)c2c1. The number of aromatic hydroxyl groups is 1. The number of H-pyrrole nitrogens is 1. The minimum Gasteiger partial charge on any atom is -0.508 e. The molecule has 0 spiro atoms. The van der Waals surface area contributed by atoms with Gasteiger partial charge in [0.15, 0.2) is 5.84 Å². The predicted molar refractivity (Wildman–Crippen MR) is 125 cm³/mol. The van der Waals surface area contributed by atoms with Gasteiger partial charge in [0.05, 0.1) is 17.8 Å². The second-order valence-electron chi connectivity index (χ2n) is 8.01. The van der Waals surface area contributed by atoms with Gasteiger partial charge in [-0.1, -0.05) is 18.2 Å². The van der Waals surface area contributed by atoms with Gasteiger partial charge in [0, 0.05) is 16.5 Å². The zero-order valence-corrected chi connectivity index (χ0v) is 17.1. The van der Waals surface area contributed by atoms with Crippen molar-refractivity contribution >= 4 is 33.3 Å². The Labute approximate surface area is 179 Å². The molecule has 1 fully saturated rings. The number of likely N-dealkylation sites (tertiary alicyclic amines) is 1. The number of benzene rings is 3. The summed E-state index contributed by atoms with van der Waals surface area (Å²) in [5, 5.41) is 28.6. The Hall–Kier alpha value is -3.71. The van der Waals surface area contributed by atoms with Crippen LogP contribution in [0.2, 0.25) is 0 Å². The highest BCUT2D eigenvalue weighted by molar-refractivity contribution is 6.08. The van der Waals surface area contributed by atoms with Crippen LogP contribution in [-0.2, 0) is 0 Å². The maximum absolute atomic E-state index is 9.69. The molecule has 7 nitrogen and oxygen atoms in total. The van der Waals surface area contributed by atoms with Gasteiger partial charge >= 0.3 is 0 Å². The number of aromatic nitrogens is 2. The van der Waals surface area contributed by atoms with E-state index in [0.29, 0.717) is 17.9 Å². The zero-order chi connectivity index (χ0) is 21.4.